The summed E-state index contributed by atoms with van der Waals surface area (Å²) in [5.41, 5.74) is 0.293. The number of nitrogens with one attached hydrogen (secondary N) is 2. The number of halogens is 3. The molecule has 0 fully saturated rings. The zero-order chi connectivity index (χ0) is 18.6. The number of carbonyl (C=O) groups is 2. The Kier molecular flexibility index (Phi) is 5.46. The molecular weight excluding hydrogens is 333 g/mol. The lowest BCUT2D eigenvalue weighted by Gasteiger charge is -2.16. The van der Waals surface area contributed by atoms with Crippen molar-refractivity contribution in [2.75, 3.05) is 10.6 Å². The van der Waals surface area contributed by atoms with E-state index in [4.69, 9.17) is 0 Å². The molecule has 2 rings (SSSR count). The van der Waals surface area contributed by atoms with Crippen LogP contribution >= 0.6 is 0 Å². The van der Waals surface area contributed by atoms with Gasteiger partial charge in [0, 0.05) is 16.9 Å². The summed E-state index contributed by atoms with van der Waals surface area (Å²) in [6.07, 6.45) is -4.47. The summed E-state index contributed by atoms with van der Waals surface area (Å²) >= 11 is 0. The molecule has 4 nitrogen and oxygen atoms in total. The SMILES string of the molecule is CC(=O)c1cccc(NC(C)C(=O)Nc2cccc(C(F)(F)F)c2)c1. The molecular formula is C18H17F3N2O2. The Morgan fingerprint density at radius 3 is 2.28 bits per heavy atom. The minimum absolute atomic E-state index is 0.0611. The third-order valence-corrected chi connectivity index (χ3v) is 3.50. The molecule has 7 heteroatoms. The predicted molar refractivity (Wildman–Crippen MR) is 89.6 cm³/mol. The van der Waals surface area contributed by atoms with Gasteiger partial charge in [-0.3, -0.25) is 9.59 Å². The smallest absolute Gasteiger partial charge is 0.374 e. The van der Waals surface area contributed by atoms with Crippen molar-refractivity contribution in [3.05, 3.63) is 59.7 Å². The highest BCUT2D eigenvalue weighted by atomic mass is 19.4. The fourth-order valence-corrected chi connectivity index (χ4v) is 2.17. The molecule has 0 aromatic heterocycles. The summed E-state index contributed by atoms with van der Waals surface area (Å²) < 4.78 is 38.1. The van der Waals surface area contributed by atoms with E-state index in [0.29, 0.717) is 11.3 Å². The van der Waals surface area contributed by atoms with Crippen LogP contribution in [-0.2, 0) is 11.0 Å². The van der Waals surface area contributed by atoms with Gasteiger partial charge in [-0.25, -0.2) is 0 Å². The van der Waals surface area contributed by atoms with Crippen molar-refractivity contribution in [2.45, 2.75) is 26.1 Å². The van der Waals surface area contributed by atoms with E-state index in [1.165, 1.54) is 19.1 Å². The molecule has 0 aliphatic carbocycles. The molecule has 0 bridgehead atoms. The van der Waals surface area contributed by atoms with Crippen LogP contribution in [0.1, 0.15) is 29.8 Å². The van der Waals surface area contributed by atoms with Crippen LogP contribution in [0.15, 0.2) is 48.5 Å². The number of anilines is 2. The summed E-state index contributed by atoms with van der Waals surface area (Å²) in [6.45, 7) is 3.01. The van der Waals surface area contributed by atoms with Gasteiger partial charge in [-0.05, 0) is 44.2 Å². The molecule has 0 aliphatic heterocycles. The average Bonchev–Trinajstić information content (AvgIpc) is 2.54. The van der Waals surface area contributed by atoms with Crippen molar-refractivity contribution in [3.8, 4) is 0 Å². The molecule has 0 heterocycles. The highest BCUT2D eigenvalue weighted by Crippen LogP contribution is 2.30. The van der Waals surface area contributed by atoms with Crippen LogP contribution in [-0.4, -0.2) is 17.7 Å². The second kappa shape index (κ2) is 7.38. The maximum atomic E-state index is 12.7. The number of alkyl halides is 3. The minimum Gasteiger partial charge on any atom is -0.374 e. The molecule has 2 aromatic rings. The fourth-order valence-electron chi connectivity index (χ4n) is 2.17. The Hall–Kier alpha value is -2.83. The van der Waals surface area contributed by atoms with E-state index >= 15 is 0 Å². The monoisotopic (exact) mass is 350 g/mol. The molecule has 1 atom stereocenters. The first-order valence-electron chi connectivity index (χ1n) is 7.52. The van der Waals surface area contributed by atoms with Gasteiger partial charge in [0.15, 0.2) is 5.78 Å². The van der Waals surface area contributed by atoms with Gasteiger partial charge in [0.05, 0.1) is 5.56 Å². The van der Waals surface area contributed by atoms with Crippen molar-refractivity contribution in [3.63, 3.8) is 0 Å². The summed E-state index contributed by atoms with van der Waals surface area (Å²) in [5, 5.41) is 5.36. The number of benzene rings is 2. The van der Waals surface area contributed by atoms with Gasteiger partial charge in [0.2, 0.25) is 5.91 Å². The van der Waals surface area contributed by atoms with Crippen LogP contribution in [0.5, 0.6) is 0 Å². The quantitative estimate of drug-likeness (QED) is 0.789. The van der Waals surface area contributed by atoms with Gasteiger partial charge >= 0.3 is 6.18 Å². The molecule has 0 spiro atoms. The second-order valence-electron chi connectivity index (χ2n) is 5.57. The molecule has 0 saturated heterocycles. The molecule has 0 aliphatic rings. The third kappa shape index (κ3) is 5.07. The largest absolute Gasteiger partial charge is 0.416 e. The van der Waals surface area contributed by atoms with Crippen LogP contribution in [0.3, 0.4) is 0 Å². The summed E-state index contributed by atoms with van der Waals surface area (Å²) in [7, 11) is 0. The number of ketones is 1. The third-order valence-electron chi connectivity index (χ3n) is 3.50. The molecule has 0 saturated carbocycles. The standard InChI is InChI=1S/C18H17F3N2O2/c1-11(22-15-7-3-5-13(9-15)12(2)24)17(25)23-16-8-4-6-14(10-16)18(19,20)21/h3-11,22H,1-2H3,(H,23,25). The Bertz CT molecular complexity index is 788. The van der Waals surface area contributed by atoms with Crippen molar-refractivity contribution < 1.29 is 22.8 Å². The number of hydrogen-bond acceptors (Lipinski definition) is 3. The molecule has 25 heavy (non-hydrogen) atoms. The minimum atomic E-state index is -4.47. The Morgan fingerprint density at radius 1 is 1.00 bits per heavy atom. The van der Waals surface area contributed by atoms with Crippen molar-refractivity contribution in [2.24, 2.45) is 0 Å². The molecule has 2 N–H and O–H groups in total. The van der Waals surface area contributed by atoms with Crippen molar-refractivity contribution in [1.29, 1.82) is 0 Å². The van der Waals surface area contributed by atoms with Gasteiger partial charge in [0.1, 0.15) is 6.04 Å². The summed E-state index contributed by atoms with van der Waals surface area (Å²) in [4.78, 5) is 23.5. The zero-order valence-electron chi connectivity index (χ0n) is 13.6. The summed E-state index contributed by atoms with van der Waals surface area (Å²) in [5.74, 6) is -0.600. The Labute approximate surface area is 143 Å². The lowest BCUT2D eigenvalue weighted by Crippen LogP contribution is -2.32. The molecule has 1 amide bonds. The number of carbonyl (C=O) groups excluding carboxylic acids is 2. The molecule has 2 aromatic carbocycles. The van der Waals surface area contributed by atoms with Gasteiger partial charge < -0.3 is 10.6 Å². The van der Waals surface area contributed by atoms with E-state index < -0.39 is 23.7 Å². The normalized spacial score (nSPS) is 12.4. The highest BCUT2D eigenvalue weighted by molar-refractivity contribution is 5.97. The van der Waals surface area contributed by atoms with Gasteiger partial charge in [0.25, 0.3) is 0 Å². The van der Waals surface area contributed by atoms with Crippen molar-refractivity contribution in [1.82, 2.24) is 0 Å². The van der Waals surface area contributed by atoms with E-state index in [0.717, 1.165) is 12.1 Å². The van der Waals surface area contributed by atoms with Crippen LogP contribution in [0.4, 0.5) is 24.5 Å². The summed E-state index contributed by atoms with van der Waals surface area (Å²) in [6, 6.07) is 10.3. The lowest BCUT2D eigenvalue weighted by molar-refractivity contribution is -0.137. The molecule has 1 unspecified atom stereocenters. The van der Waals surface area contributed by atoms with Crippen LogP contribution in [0.25, 0.3) is 0 Å². The number of amides is 1. The Morgan fingerprint density at radius 2 is 1.64 bits per heavy atom. The first-order chi connectivity index (χ1) is 11.7. The maximum Gasteiger partial charge on any atom is 0.416 e. The van der Waals surface area contributed by atoms with Gasteiger partial charge in [-0.1, -0.05) is 18.2 Å². The van der Waals surface area contributed by atoms with E-state index in [1.807, 2.05) is 0 Å². The van der Waals surface area contributed by atoms with Crippen LogP contribution in [0, 0.1) is 0 Å². The van der Waals surface area contributed by atoms with Crippen LogP contribution < -0.4 is 10.6 Å². The van der Waals surface area contributed by atoms with Gasteiger partial charge in [-0.15, -0.1) is 0 Å². The van der Waals surface area contributed by atoms with E-state index in [-0.39, 0.29) is 11.5 Å². The lowest BCUT2D eigenvalue weighted by atomic mass is 10.1. The van der Waals surface area contributed by atoms with E-state index in [2.05, 4.69) is 10.6 Å². The number of hydrogen-bond donors (Lipinski definition) is 2. The second-order valence-corrected chi connectivity index (χ2v) is 5.57. The van der Waals surface area contributed by atoms with Crippen molar-refractivity contribution >= 4 is 23.1 Å². The first-order valence-corrected chi connectivity index (χ1v) is 7.52. The number of Topliss-reactive ketones (excluding diaryl/α,β-unsaturated/α-hetero) is 1. The topological polar surface area (TPSA) is 58.2 Å². The van der Waals surface area contributed by atoms with E-state index in [1.54, 1.807) is 31.2 Å². The zero-order valence-corrected chi connectivity index (χ0v) is 13.6. The maximum absolute atomic E-state index is 12.7. The fraction of sp³-hybridized carbons (Fsp3) is 0.222. The first kappa shape index (κ1) is 18.5. The van der Waals surface area contributed by atoms with Gasteiger partial charge in [-0.2, -0.15) is 13.2 Å². The Balaban J connectivity index is 2.06. The predicted octanol–water partition coefficient (Wildman–Crippen LogP) is 4.35. The number of rotatable bonds is 5. The molecule has 132 valence electrons. The highest BCUT2D eigenvalue weighted by Gasteiger charge is 2.30. The van der Waals surface area contributed by atoms with E-state index in [9.17, 15) is 22.8 Å². The molecule has 0 radical (unpaired) electrons. The average molecular weight is 350 g/mol. The van der Waals surface area contributed by atoms with Crippen LogP contribution in [0.2, 0.25) is 0 Å².